The maximum Gasteiger partial charge on any atom is 0.315 e. The minimum absolute atomic E-state index is 0.00170. The van der Waals surface area contributed by atoms with Crippen molar-refractivity contribution in [3.63, 3.8) is 0 Å². The van der Waals surface area contributed by atoms with Crippen LogP contribution >= 0.6 is 0 Å². The largest absolute Gasteiger partial charge is 0.481 e. The molecule has 0 aromatic carbocycles. The fourth-order valence-corrected chi connectivity index (χ4v) is 3.31. The number of nitrogens with one attached hydrogen (secondary N) is 2. The van der Waals surface area contributed by atoms with Crippen LogP contribution in [-0.4, -0.2) is 53.7 Å². The minimum Gasteiger partial charge on any atom is -0.481 e. The summed E-state index contributed by atoms with van der Waals surface area (Å²) in [5, 5.41) is 14.8. The first-order chi connectivity index (χ1) is 9.95. The van der Waals surface area contributed by atoms with Crippen LogP contribution in [0, 0.1) is 11.8 Å². The molecular formula is C15H27N3O3. The van der Waals surface area contributed by atoms with Gasteiger partial charge in [0.2, 0.25) is 0 Å². The molecule has 0 radical (unpaired) electrons. The third-order valence-electron chi connectivity index (χ3n) is 4.72. The molecule has 3 atom stereocenters. The van der Waals surface area contributed by atoms with E-state index in [9.17, 15) is 9.59 Å². The summed E-state index contributed by atoms with van der Waals surface area (Å²) in [6.07, 6.45) is 3.09. The van der Waals surface area contributed by atoms with Gasteiger partial charge in [0.1, 0.15) is 0 Å². The SMILES string of the molecule is CC(C)N1CCC(CNC(=O)N[C@H]2CC[C@@H](C(=O)O)C2)C1. The van der Waals surface area contributed by atoms with Crippen LogP contribution in [0.4, 0.5) is 4.79 Å². The fraction of sp³-hybridized carbons (Fsp3) is 0.867. The Labute approximate surface area is 126 Å². The molecule has 6 nitrogen and oxygen atoms in total. The highest BCUT2D eigenvalue weighted by molar-refractivity contribution is 5.75. The van der Waals surface area contributed by atoms with Crippen LogP contribution in [0.3, 0.4) is 0 Å². The van der Waals surface area contributed by atoms with E-state index in [0.29, 0.717) is 31.3 Å². The molecule has 2 amide bonds. The summed E-state index contributed by atoms with van der Waals surface area (Å²) >= 11 is 0. The van der Waals surface area contributed by atoms with Crippen molar-refractivity contribution in [3.8, 4) is 0 Å². The molecule has 1 saturated heterocycles. The number of likely N-dealkylation sites (tertiary alicyclic amines) is 1. The zero-order chi connectivity index (χ0) is 15.4. The molecule has 2 rings (SSSR count). The van der Waals surface area contributed by atoms with Crippen LogP contribution in [-0.2, 0) is 4.79 Å². The smallest absolute Gasteiger partial charge is 0.315 e. The van der Waals surface area contributed by atoms with Crippen LogP contribution in [0.25, 0.3) is 0 Å². The first-order valence-corrected chi connectivity index (χ1v) is 7.97. The average molecular weight is 297 g/mol. The van der Waals surface area contributed by atoms with Crippen molar-refractivity contribution >= 4 is 12.0 Å². The van der Waals surface area contributed by atoms with Gasteiger partial charge in [-0.15, -0.1) is 0 Å². The lowest BCUT2D eigenvalue weighted by Gasteiger charge is -2.20. The van der Waals surface area contributed by atoms with E-state index in [-0.39, 0.29) is 18.0 Å². The standard InChI is InChI=1S/C15H27N3O3/c1-10(2)18-6-5-11(9-18)8-16-15(21)17-13-4-3-12(7-13)14(19)20/h10-13H,3-9H2,1-2H3,(H,19,20)(H2,16,17,21)/t11?,12-,13+/m1/s1. The van der Waals surface area contributed by atoms with Gasteiger partial charge in [-0.1, -0.05) is 0 Å². The monoisotopic (exact) mass is 297 g/mol. The molecule has 0 aromatic heterocycles. The second-order valence-corrected chi connectivity index (χ2v) is 6.64. The van der Waals surface area contributed by atoms with Crippen molar-refractivity contribution in [2.24, 2.45) is 11.8 Å². The highest BCUT2D eigenvalue weighted by atomic mass is 16.4. The molecule has 1 saturated carbocycles. The van der Waals surface area contributed by atoms with Crippen LogP contribution in [0.1, 0.15) is 39.5 Å². The minimum atomic E-state index is -0.751. The van der Waals surface area contributed by atoms with E-state index >= 15 is 0 Å². The summed E-state index contributed by atoms with van der Waals surface area (Å²) in [4.78, 5) is 25.2. The summed E-state index contributed by atoms with van der Waals surface area (Å²) in [5.41, 5.74) is 0. The highest BCUT2D eigenvalue weighted by Crippen LogP contribution is 2.25. The number of aliphatic carboxylic acids is 1. The van der Waals surface area contributed by atoms with Crippen LogP contribution in [0.2, 0.25) is 0 Å². The van der Waals surface area contributed by atoms with Crippen molar-refractivity contribution in [1.29, 1.82) is 0 Å². The Kier molecular flexibility index (Phi) is 5.45. The molecule has 2 fully saturated rings. The second kappa shape index (κ2) is 7.11. The van der Waals surface area contributed by atoms with E-state index in [1.165, 1.54) is 0 Å². The lowest BCUT2D eigenvalue weighted by atomic mass is 10.1. The lowest BCUT2D eigenvalue weighted by Crippen LogP contribution is -2.43. The Bertz CT molecular complexity index is 386. The molecule has 3 N–H and O–H groups in total. The predicted molar refractivity (Wildman–Crippen MR) is 80.1 cm³/mol. The summed E-state index contributed by atoms with van der Waals surface area (Å²) in [7, 11) is 0. The van der Waals surface area contributed by atoms with Gasteiger partial charge in [0.05, 0.1) is 5.92 Å². The Morgan fingerprint density at radius 1 is 1.29 bits per heavy atom. The number of rotatable bonds is 5. The summed E-state index contributed by atoms with van der Waals surface area (Å²) < 4.78 is 0. The number of hydrogen-bond donors (Lipinski definition) is 3. The normalized spacial score (nSPS) is 29.8. The van der Waals surface area contributed by atoms with Crippen molar-refractivity contribution in [2.75, 3.05) is 19.6 Å². The molecular weight excluding hydrogens is 270 g/mol. The van der Waals surface area contributed by atoms with Gasteiger partial charge < -0.3 is 20.6 Å². The zero-order valence-corrected chi connectivity index (χ0v) is 13.0. The van der Waals surface area contributed by atoms with E-state index in [4.69, 9.17) is 5.11 Å². The molecule has 6 heteroatoms. The Morgan fingerprint density at radius 2 is 2.05 bits per heavy atom. The zero-order valence-electron chi connectivity index (χ0n) is 13.0. The Morgan fingerprint density at radius 3 is 2.62 bits per heavy atom. The second-order valence-electron chi connectivity index (χ2n) is 6.64. The number of hydrogen-bond acceptors (Lipinski definition) is 3. The maximum atomic E-state index is 11.9. The number of carbonyl (C=O) groups excluding carboxylic acids is 1. The van der Waals surface area contributed by atoms with Crippen molar-refractivity contribution in [3.05, 3.63) is 0 Å². The van der Waals surface area contributed by atoms with Gasteiger partial charge >= 0.3 is 12.0 Å². The van der Waals surface area contributed by atoms with Crippen LogP contribution < -0.4 is 10.6 Å². The van der Waals surface area contributed by atoms with Crippen molar-refractivity contribution in [2.45, 2.75) is 51.6 Å². The molecule has 1 aliphatic carbocycles. The van der Waals surface area contributed by atoms with Gasteiger partial charge in [-0.2, -0.15) is 0 Å². The molecule has 1 aliphatic heterocycles. The molecule has 1 unspecified atom stereocenters. The fourth-order valence-electron chi connectivity index (χ4n) is 3.31. The van der Waals surface area contributed by atoms with Gasteiger partial charge in [0.15, 0.2) is 0 Å². The third kappa shape index (κ3) is 4.59. The van der Waals surface area contributed by atoms with Gasteiger partial charge in [0.25, 0.3) is 0 Å². The average Bonchev–Trinajstić information content (AvgIpc) is 3.05. The van der Waals surface area contributed by atoms with E-state index in [2.05, 4.69) is 29.4 Å². The Hall–Kier alpha value is -1.30. The van der Waals surface area contributed by atoms with Gasteiger partial charge in [-0.05, 0) is 52.0 Å². The van der Waals surface area contributed by atoms with Gasteiger partial charge in [-0.3, -0.25) is 4.79 Å². The third-order valence-corrected chi connectivity index (χ3v) is 4.72. The molecule has 0 aromatic rings. The number of carboxylic acid groups (broad SMARTS) is 1. The number of nitrogens with zero attached hydrogens (tertiary/aromatic N) is 1. The quantitative estimate of drug-likeness (QED) is 0.714. The van der Waals surface area contributed by atoms with Crippen molar-refractivity contribution < 1.29 is 14.7 Å². The molecule has 0 bridgehead atoms. The first kappa shape index (κ1) is 16.1. The van der Waals surface area contributed by atoms with E-state index < -0.39 is 5.97 Å². The first-order valence-electron chi connectivity index (χ1n) is 7.97. The van der Waals surface area contributed by atoms with Crippen LogP contribution in [0.5, 0.6) is 0 Å². The summed E-state index contributed by atoms with van der Waals surface area (Å²) in [6.45, 7) is 7.24. The number of amides is 2. The van der Waals surface area contributed by atoms with Gasteiger partial charge in [-0.25, -0.2) is 4.79 Å². The molecule has 2 aliphatic rings. The molecule has 0 spiro atoms. The van der Waals surface area contributed by atoms with Crippen LogP contribution in [0.15, 0.2) is 0 Å². The van der Waals surface area contributed by atoms with E-state index in [0.717, 1.165) is 25.9 Å². The van der Waals surface area contributed by atoms with E-state index in [1.807, 2.05) is 0 Å². The molecule has 120 valence electrons. The topological polar surface area (TPSA) is 81.7 Å². The highest BCUT2D eigenvalue weighted by Gasteiger charge is 2.30. The van der Waals surface area contributed by atoms with Crippen molar-refractivity contribution in [1.82, 2.24) is 15.5 Å². The Balaban J connectivity index is 1.64. The number of carboxylic acids is 1. The molecule has 21 heavy (non-hydrogen) atoms. The van der Waals surface area contributed by atoms with Gasteiger partial charge in [0, 0.05) is 25.2 Å². The molecule has 1 heterocycles. The van der Waals surface area contributed by atoms with E-state index in [1.54, 1.807) is 0 Å². The maximum absolute atomic E-state index is 11.9. The number of urea groups is 1. The predicted octanol–water partition coefficient (Wildman–Crippen LogP) is 1.27. The summed E-state index contributed by atoms with van der Waals surface area (Å²) in [6, 6.07) is 0.408. The summed E-state index contributed by atoms with van der Waals surface area (Å²) in [5.74, 6) is -0.530. The number of carbonyl (C=O) groups is 2. The lowest BCUT2D eigenvalue weighted by molar-refractivity contribution is -0.141.